The summed E-state index contributed by atoms with van der Waals surface area (Å²) in [6, 6.07) is 2.97. The van der Waals surface area contributed by atoms with Crippen LogP contribution in [0.4, 0.5) is 0 Å². The van der Waals surface area contributed by atoms with Gasteiger partial charge in [-0.3, -0.25) is 5.10 Å². The third-order valence-corrected chi connectivity index (χ3v) is 4.29. The number of sulfonamides is 1. The third kappa shape index (κ3) is 3.47. The molecule has 0 aliphatic heterocycles. The van der Waals surface area contributed by atoms with Crippen LogP contribution < -0.4 is 10.5 Å². The zero-order valence-corrected chi connectivity index (χ0v) is 12.0. The Hall–Kier alpha value is -1.64. The number of hydrogen-bond acceptors (Lipinski definition) is 5. The van der Waals surface area contributed by atoms with Crippen molar-refractivity contribution < 1.29 is 12.8 Å². The molecule has 0 saturated carbocycles. The maximum absolute atomic E-state index is 11.9. The number of aromatic amines is 1. The zero-order chi connectivity index (χ0) is 14.6. The predicted molar refractivity (Wildman–Crippen MR) is 73.4 cm³/mol. The molecular weight excluding hydrogens is 280 g/mol. The Morgan fingerprint density at radius 2 is 2.25 bits per heavy atom. The largest absolute Gasteiger partial charge is 0.447 e. The predicted octanol–water partition coefficient (Wildman–Crippen LogP) is 0.681. The van der Waals surface area contributed by atoms with Crippen LogP contribution in [0.5, 0.6) is 0 Å². The van der Waals surface area contributed by atoms with Crippen LogP contribution in [0.25, 0.3) is 0 Å². The minimum Gasteiger partial charge on any atom is -0.447 e. The van der Waals surface area contributed by atoms with Crippen molar-refractivity contribution in [3.63, 3.8) is 0 Å². The van der Waals surface area contributed by atoms with Gasteiger partial charge in [0.2, 0.25) is 5.09 Å². The van der Waals surface area contributed by atoms with Gasteiger partial charge in [-0.05, 0) is 37.5 Å². The molecule has 20 heavy (non-hydrogen) atoms. The van der Waals surface area contributed by atoms with Gasteiger partial charge in [-0.1, -0.05) is 0 Å². The number of nitrogens with zero attached hydrogens (tertiary/aromatic N) is 1. The third-order valence-electron chi connectivity index (χ3n) is 2.95. The lowest BCUT2D eigenvalue weighted by Crippen LogP contribution is -2.24. The lowest BCUT2D eigenvalue weighted by atomic mass is 10.1. The van der Waals surface area contributed by atoms with Crippen LogP contribution in [0, 0.1) is 6.92 Å². The smallest absolute Gasteiger partial charge is 0.273 e. The van der Waals surface area contributed by atoms with E-state index in [0.717, 1.165) is 17.7 Å². The van der Waals surface area contributed by atoms with Gasteiger partial charge < -0.3 is 10.2 Å². The van der Waals surface area contributed by atoms with Gasteiger partial charge in [-0.2, -0.15) is 5.10 Å². The molecule has 0 aliphatic rings. The first-order valence-corrected chi connectivity index (χ1v) is 7.78. The van der Waals surface area contributed by atoms with Gasteiger partial charge in [-0.25, -0.2) is 13.1 Å². The quantitative estimate of drug-likeness (QED) is 0.650. The molecule has 0 amide bonds. The van der Waals surface area contributed by atoms with Crippen LogP contribution in [0.2, 0.25) is 0 Å². The maximum atomic E-state index is 11.9. The molecule has 4 N–H and O–H groups in total. The molecule has 0 unspecified atom stereocenters. The van der Waals surface area contributed by atoms with E-state index >= 15 is 0 Å². The molecule has 2 heterocycles. The first-order chi connectivity index (χ1) is 9.53. The normalized spacial score (nSPS) is 11.9. The summed E-state index contributed by atoms with van der Waals surface area (Å²) < 4.78 is 31.5. The molecule has 0 spiro atoms. The molecule has 0 fully saturated rings. The van der Waals surface area contributed by atoms with Gasteiger partial charge in [-0.15, -0.1) is 0 Å². The Kier molecular flexibility index (Phi) is 4.58. The van der Waals surface area contributed by atoms with Crippen molar-refractivity contribution in [2.45, 2.75) is 31.4 Å². The molecule has 2 aromatic rings. The van der Waals surface area contributed by atoms with E-state index in [4.69, 9.17) is 10.2 Å². The second-order valence-corrected chi connectivity index (χ2v) is 6.14. The first kappa shape index (κ1) is 14.8. The van der Waals surface area contributed by atoms with Crippen LogP contribution >= 0.6 is 0 Å². The summed E-state index contributed by atoms with van der Waals surface area (Å²) in [5, 5.41) is 6.66. The second-order valence-electron chi connectivity index (χ2n) is 4.45. The molecule has 0 bridgehead atoms. The van der Waals surface area contributed by atoms with Gasteiger partial charge >= 0.3 is 0 Å². The minimum atomic E-state index is -3.60. The van der Waals surface area contributed by atoms with E-state index < -0.39 is 10.0 Å². The van der Waals surface area contributed by atoms with Crippen molar-refractivity contribution in [3.8, 4) is 0 Å². The molecule has 7 nitrogen and oxygen atoms in total. The number of aromatic nitrogens is 2. The molecule has 2 aromatic heterocycles. The second kappa shape index (κ2) is 6.21. The molecule has 0 saturated heterocycles. The summed E-state index contributed by atoms with van der Waals surface area (Å²) in [5.74, 6) is 0.444. The molecule has 0 aliphatic carbocycles. The highest BCUT2D eigenvalue weighted by atomic mass is 32.2. The summed E-state index contributed by atoms with van der Waals surface area (Å²) in [7, 11) is -3.60. The van der Waals surface area contributed by atoms with E-state index in [9.17, 15) is 8.42 Å². The Bertz CT molecular complexity index is 660. The Balaban J connectivity index is 1.85. The van der Waals surface area contributed by atoms with Gasteiger partial charge in [0.05, 0.1) is 12.7 Å². The average molecular weight is 298 g/mol. The highest BCUT2D eigenvalue weighted by Gasteiger charge is 2.17. The van der Waals surface area contributed by atoms with Gasteiger partial charge in [0.1, 0.15) is 5.76 Å². The van der Waals surface area contributed by atoms with Crippen molar-refractivity contribution >= 4 is 10.0 Å². The number of rotatable bonds is 7. The Labute approximate surface area is 117 Å². The van der Waals surface area contributed by atoms with E-state index in [1.807, 2.05) is 6.92 Å². The van der Waals surface area contributed by atoms with E-state index in [1.165, 1.54) is 6.07 Å². The fourth-order valence-corrected chi connectivity index (χ4v) is 2.82. The van der Waals surface area contributed by atoms with Crippen LogP contribution in [-0.2, 0) is 23.0 Å². The molecule has 2 rings (SSSR count). The van der Waals surface area contributed by atoms with Crippen LogP contribution in [0.1, 0.15) is 23.4 Å². The van der Waals surface area contributed by atoms with Gasteiger partial charge in [0, 0.05) is 12.2 Å². The summed E-state index contributed by atoms with van der Waals surface area (Å²) in [4.78, 5) is 0. The fraction of sp³-hybridized carbons (Fsp3) is 0.417. The highest BCUT2D eigenvalue weighted by molar-refractivity contribution is 7.89. The number of furan rings is 1. The number of hydrogen-bond donors (Lipinski definition) is 3. The standard InChI is InChI=1S/C12H18N4O3S/c1-9-10(8-14-16-9)3-2-6-15-20(17,18)12-5-4-11(7-13)19-12/h4-5,8,15H,2-3,6-7,13H2,1H3,(H,14,16). The summed E-state index contributed by atoms with van der Waals surface area (Å²) in [6.07, 6.45) is 3.20. The highest BCUT2D eigenvalue weighted by Crippen LogP contribution is 2.13. The van der Waals surface area contributed by atoms with Crippen molar-refractivity contribution in [2.24, 2.45) is 5.73 Å². The van der Waals surface area contributed by atoms with Gasteiger partial charge in [0.15, 0.2) is 0 Å². The summed E-state index contributed by atoms with van der Waals surface area (Å²) in [5.41, 5.74) is 7.47. The molecular formula is C12H18N4O3S. The Morgan fingerprint density at radius 1 is 1.45 bits per heavy atom. The van der Waals surface area contributed by atoms with Crippen LogP contribution in [-0.4, -0.2) is 25.2 Å². The van der Waals surface area contributed by atoms with Crippen LogP contribution in [0.15, 0.2) is 27.8 Å². The van der Waals surface area contributed by atoms with Crippen molar-refractivity contribution in [1.82, 2.24) is 14.9 Å². The summed E-state index contributed by atoms with van der Waals surface area (Å²) >= 11 is 0. The van der Waals surface area contributed by atoms with Crippen molar-refractivity contribution in [1.29, 1.82) is 0 Å². The van der Waals surface area contributed by atoms with E-state index in [-0.39, 0.29) is 11.6 Å². The van der Waals surface area contributed by atoms with E-state index in [2.05, 4.69) is 14.9 Å². The fourth-order valence-electron chi connectivity index (χ4n) is 1.80. The van der Waals surface area contributed by atoms with E-state index in [1.54, 1.807) is 12.3 Å². The molecule has 110 valence electrons. The number of aryl methyl sites for hydroxylation is 2. The van der Waals surface area contributed by atoms with Crippen LogP contribution in [0.3, 0.4) is 0 Å². The molecule has 0 radical (unpaired) electrons. The number of nitrogens with two attached hydrogens (primary N) is 1. The topological polar surface area (TPSA) is 114 Å². The van der Waals surface area contributed by atoms with Crippen molar-refractivity contribution in [3.05, 3.63) is 35.3 Å². The SMILES string of the molecule is Cc1[nH]ncc1CCCNS(=O)(=O)c1ccc(CN)o1. The lowest BCUT2D eigenvalue weighted by Gasteiger charge is -2.04. The molecule has 0 aromatic carbocycles. The van der Waals surface area contributed by atoms with E-state index in [0.29, 0.717) is 18.7 Å². The molecule has 8 heteroatoms. The monoisotopic (exact) mass is 298 g/mol. The lowest BCUT2D eigenvalue weighted by molar-refractivity contribution is 0.412. The number of H-pyrrole nitrogens is 1. The minimum absolute atomic E-state index is 0.0996. The summed E-state index contributed by atoms with van der Waals surface area (Å²) in [6.45, 7) is 2.45. The first-order valence-electron chi connectivity index (χ1n) is 6.30. The maximum Gasteiger partial charge on any atom is 0.273 e. The zero-order valence-electron chi connectivity index (χ0n) is 11.2. The number of nitrogens with one attached hydrogen (secondary N) is 2. The van der Waals surface area contributed by atoms with Crippen molar-refractivity contribution in [2.75, 3.05) is 6.54 Å². The molecule has 0 atom stereocenters. The average Bonchev–Trinajstić information content (AvgIpc) is 3.04. The van der Waals surface area contributed by atoms with Gasteiger partial charge in [0.25, 0.3) is 10.0 Å². The Morgan fingerprint density at radius 3 is 2.85 bits per heavy atom.